The number of hydrogen-bond acceptors (Lipinski definition) is 4. The zero-order valence-electron chi connectivity index (χ0n) is 8.77. The van der Waals surface area contributed by atoms with E-state index >= 15 is 0 Å². The molecule has 0 aliphatic rings. The van der Waals surface area contributed by atoms with E-state index in [0.717, 1.165) is 0 Å². The molecule has 1 N–H and O–H groups in total. The second-order valence-electron chi connectivity index (χ2n) is 2.85. The highest BCUT2D eigenvalue weighted by Gasteiger charge is 2.10. The second kappa shape index (κ2) is 5.61. The van der Waals surface area contributed by atoms with Crippen LogP contribution in [0.5, 0.6) is 11.5 Å². The van der Waals surface area contributed by atoms with Crippen LogP contribution in [0, 0.1) is 11.3 Å². The average Bonchev–Trinajstić information content (AvgIpc) is 2.27. The minimum absolute atomic E-state index is 0.105. The molecule has 1 aromatic rings. The van der Waals surface area contributed by atoms with E-state index in [1.54, 1.807) is 6.92 Å². The fourth-order valence-corrected chi connectivity index (χ4v) is 1.14. The molecular weight excluding hydrogens is 210 g/mol. The number of hydrogen-bond donors (Lipinski definition) is 1. The summed E-state index contributed by atoms with van der Waals surface area (Å²) in [5.74, 6) is -0.334. The Kier molecular flexibility index (Phi) is 4.16. The van der Waals surface area contributed by atoms with Crippen molar-refractivity contribution < 1.29 is 19.4 Å². The third-order valence-corrected chi connectivity index (χ3v) is 1.78. The molecule has 1 aromatic carbocycles. The van der Waals surface area contributed by atoms with Crippen LogP contribution in [-0.2, 0) is 0 Å². The van der Waals surface area contributed by atoms with E-state index in [0.29, 0.717) is 18.1 Å². The van der Waals surface area contributed by atoms with E-state index in [9.17, 15) is 4.79 Å². The first-order valence-corrected chi connectivity index (χ1v) is 4.69. The smallest absolute Gasteiger partial charge is 0.335 e. The normalized spacial score (nSPS) is 9.25. The molecule has 0 aliphatic heterocycles. The van der Waals surface area contributed by atoms with Crippen LogP contribution < -0.4 is 9.47 Å². The molecule has 0 heterocycles. The lowest BCUT2D eigenvalue weighted by atomic mass is 10.2. The van der Waals surface area contributed by atoms with Gasteiger partial charge in [-0.05, 0) is 25.1 Å². The Balaban J connectivity index is 2.99. The molecule has 5 nitrogen and oxygen atoms in total. The predicted molar refractivity (Wildman–Crippen MR) is 55.7 cm³/mol. The zero-order valence-corrected chi connectivity index (χ0v) is 8.77. The highest BCUT2D eigenvalue weighted by Crippen LogP contribution is 2.28. The minimum Gasteiger partial charge on any atom is -0.490 e. The molecule has 0 unspecified atom stereocenters. The SMILES string of the molecule is CCOc1cc(C(=O)O)ccc1OCC#N. The number of carbonyl (C=O) groups is 1. The number of ether oxygens (including phenoxy) is 2. The minimum atomic E-state index is -1.03. The molecule has 5 heteroatoms. The van der Waals surface area contributed by atoms with Gasteiger partial charge in [0.15, 0.2) is 18.1 Å². The van der Waals surface area contributed by atoms with Gasteiger partial charge in [-0.15, -0.1) is 0 Å². The maximum absolute atomic E-state index is 10.7. The van der Waals surface area contributed by atoms with Crippen molar-refractivity contribution in [1.29, 1.82) is 5.26 Å². The van der Waals surface area contributed by atoms with E-state index in [-0.39, 0.29) is 12.2 Å². The molecule has 16 heavy (non-hydrogen) atoms. The zero-order chi connectivity index (χ0) is 12.0. The van der Waals surface area contributed by atoms with Gasteiger partial charge >= 0.3 is 5.97 Å². The van der Waals surface area contributed by atoms with E-state index in [1.165, 1.54) is 18.2 Å². The van der Waals surface area contributed by atoms with Gasteiger partial charge in [-0.25, -0.2) is 4.79 Å². The summed E-state index contributed by atoms with van der Waals surface area (Å²) < 4.78 is 10.3. The van der Waals surface area contributed by atoms with Crippen molar-refractivity contribution in [2.24, 2.45) is 0 Å². The third kappa shape index (κ3) is 2.89. The van der Waals surface area contributed by atoms with E-state index in [1.807, 2.05) is 6.07 Å². The van der Waals surface area contributed by atoms with Crippen molar-refractivity contribution in [2.75, 3.05) is 13.2 Å². The number of benzene rings is 1. The van der Waals surface area contributed by atoms with E-state index < -0.39 is 5.97 Å². The van der Waals surface area contributed by atoms with Gasteiger partial charge in [-0.3, -0.25) is 0 Å². The van der Waals surface area contributed by atoms with E-state index in [2.05, 4.69) is 0 Å². The van der Waals surface area contributed by atoms with E-state index in [4.69, 9.17) is 19.8 Å². The van der Waals surface area contributed by atoms with Gasteiger partial charge in [0.1, 0.15) is 6.07 Å². The van der Waals surface area contributed by atoms with Crippen molar-refractivity contribution in [3.8, 4) is 17.6 Å². The van der Waals surface area contributed by atoms with Gasteiger partial charge in [0.05, 0.1) is 12.2 Å². The van der Waals surface area contributed by atoms with Crippen molar-refractivity contribution >= 4 is 5.97 Å². The van der Waals surface area contributed by atoms with Crippen molar-refractivity contribution in [3.63, 3.8) is 0 Å². The van der Waals surface area contributed by atoms with Crippen LogP contribution >= 0.6 is 0 Å². The molecule has 0 aromatic heterocycles. The molecule has 0 bridgehead atoms. The Morgan fingerprint density at radius 2 is 2.19 bits per heavy atom. The summed E-state index contributed by atoms with van der Waals surface area (Å²) >= 11 is 0. The Morgan fingerprint density at radius 1 is 1.44 bits per heavy atom. The van der Waals surface area contributed by atoms with Crippen LogP contribution in [-0.4, -0.2) is 24.3 Å². The van der Waals surface area contributed by atoms with Crippen LogP contribution in [0.3, 0.4) is 0 Å². The molecule has 0 atom stereocenters. The first kappa shape index (κ1) is 11.9. The average molecular weight is 221 g/mol. The molecule has 0 amide bonds. The second-order valence-corrected chi connectivity index (χ2v) is 2.85. The summed E-state index contributed by atoms with van der Waals surface area (Å²) in [4.78, 5) is 10.7. The van der Waals surface area contributed by atoms with Crippen molar-refractivity contribution in [1.82, 2.24) is 0 Å². The topological polar surface area (TPSA) is 79.6 Å². The summed E-state index contributed by atoms with van der Waals surface area (Å²) in [5.41, 5.74) is 0.118. The molecule has 0 aliphatic carbocycles. The number of rotatable bonds is 5. The Bertz CT molecular complexity index is 422. The van der Waals surface area contributed by atoms with Crippen LogP contribution in [0.1, 0.15) is 17.3 Å². The fourth-order valence-electron chi connectivity index (χ4n) is 1.14. The summed E-state index contributed by atoms with van der Waals surface area (Å²) in [7, 11) is 0. The monoisotopic (exact) mass is 221 g/mol. The molecule has 1 rings (SSSR count). The molecule has 0 radical (unpaired) electrons. The quantitative estimate of drug-likeness (QED) is 0.818. The lowest BCUT2D eigenvalue weighted by Gasteiger charge is -2.10. The Labute approximate surface area is 92.8 Å². The molecule has 0 saturated heterocycles. The molecule has 0 saturated carbocycles. The molecule has 84 valence electrons. The highest BCUT2D eigenvalue weighted by atomic mass is 16.5. The Morgan fingerprint density at radius 3 is 2.75 bits per heavy atom. The number of carboxylic acid groups (broad SMARTS) is 1. The Hall–Kier alpha value is -2.22. The lowest BCUT2D eigenvalue weighted by Crippen LogP contribution is -2.02. The van der Waals surface area contributed by atoms with Gasteiger partial charge < -0.3 is 14.6 Å². The predicted octanol–water partition coefficient (Wildman–Crippen LogP) is 1.69. The van der Waals surface area contributed by atoms with Crippen LogP contribution in [0.4, 0.5) is 0 Å². The fraction of sp³-hybridized carbons (Fsp3) is 0.273. The highest BCUT2D eigenvalue weighted by molar-refractivity contribution is 5.88. The van der Waals surface area contributed by atoms with Gasteiger partial charge in [-0.1, -0.05) is 0 Å². The first-order valence-electron chi connectivity index (χ1n) is 4.69. The third-order valence-electron chi connectivity index (χ3n) is 1.78. The first-order chi connectivity index (χ1) is 7.69. The number of nitrogens with zero attached hydrogens (tertiary/aromatic N) is 1. The lowest BCUT2D eigenvalue weighted by molar-refractivity contribution is 0.0696. The van der Waals surface area contributed by atoms with Crippen LogP contribution in [0.2, 0.25) is 0 Å². The van der Waals surface area contributed by atoms with Gasteiger partial charge in [0, 0.05) is 0 Å². The summed E-state index contributed by atoms with van der Waals surface area (Å²) in [6, 6.07) is 6.08. The van der Waals surface area contributed by atoms with Crippen LogP contribution in [0.15, 0.2) is 18.2 Å². The summed E-state index contributed by atoms with van der Waals surface area (Å²) in [6.45, 7) is 2.07. The molecule has 0 spiro atoms. The summed E-state index contributed by atoms with van der Waals surface area (Å²) in [5, 5.41) is 17.2. The molecule has 0 fully saturated rings. The van der Waals surface area contributed by atoms with Gasteiger partial charge in [0.2, 0.25) is 0 Å². The number of aromatic carboxylic acids is 1. The number of nitriles is 1. The molecular formula is C11H11NO4. The number of carboxylic acids is 1. The largest absolute Gasteiger partial charge is 0.490 e. The standard InChI is InChI=1S/C11H11NO4/c1-2-15-10-7-8(11(13)14)3-4-9(10)16-6-5-12/h3-4,7H,2,6H2,1H3,(H,13,14). The van der Waals surface area contributed by atoms with Gasteiger partial charge in [0.25, 0.3) is 0 Å². The van der Waals surface area contributed by atoms with Crippen molar-refractivity contribution in [3.05, 3.63) is 23.8 Å². The van der Waals surface area contributed by atoms with Crippen LogP contribution in [0.25, 0.3) is 0 Å². The van der Waals surface area contributed by atoms with Crippen molar-refractivity contribution in [2.45, 2.75) is 6.92 Å². The maximum atomic E-state index is 10.7. The maximum Gasteiger partial charge on any atom is 0.335 e. The van der Waals surface area contributed by atoms with Gasteiger partial charge in [-0.2, -0.15) is 5.26 Å². The summed E-state index contributed by atoms with van der Waals surface area (Å²) in [6.07, 6.45) is 0.